The van der Waals surface area contributed by atoms with E-state index in [4.69, 9.17) is 11.6 Å². The first-order valence-corrected chi connectivity index (χ1v) is 12.0. The van der Waals surface area contributed by atoms with Crippen LogP contribution in [0.1, 0.15) is 71.0 Å². The largest absolute Gasteiger partial charge is 0.387 e. The second kappa shape index (κ2) is 11.1. The van der Waals surface area contributed by atoms with Crippen LogP contribution in [-0.2, 0) is 0 Å². The normalized spacial score (nSPS) is 13.9. The molecule has 0 saturated carbocycles. The first kappa shape index (κ1) is 23.1. The first-order chi connectivity index (χ1) is 14.6. The van der Waals surface area contributed by atoms with E-state index in [1.807, 2.05) is 18.2 Å². The van der Waals surface area contributed by atoms with Crippen LogP contribution in [0.4, 0.5) is 0 Å². The minimum absolute atomic E-state index is 0.0923. The number of nitrogens with zero attached hydrogens (tertiary/aromatic N) is 1. The quantitative estimate of drug-likeness (QED) is 0.250. The molecule has 2 nitrogen and oxygen atoms in total. The third-order valence-electron chi connectivity index (χ3n) is 6.31. The maximum absolute atomic E-state index is 11.3. The van der Waals surface area contributed by atoms with Crippen molar-refractivity contribution < 1.29 is 5.11 Å². The van der Waals surface area contributed by atoms with Gasteiger partial charge in [0.1, 0.15) is 0 Å². The smallest absolute Gasteiger partial charge is 0.0942 e. The van der Waals surface area contributed by atoms with Crippen LogP contribution in [0.2, 0.25) is 5.02 Å². The van der Waals surface area contributed by atoms with Crippen molar-refractivity contribution in [2.24, 2.45) is 0 Å². The second-order valence-electron chi connectivity index (χ2n) is 8.52. The van der Waals surface area contributed by atoms with Crippen LogP contribution in [-0.4, -0.2) is 29.1 Å². The topological polar surface area (TPSA) is 23.5 Å². The van der Waals surface area contributed by atoms with Crippen molar-refractivity contribution in [1.82, 2.24) is 4.90 Å². The number of hydrogen-bond donors (Lipinski definition) is 1. The summed E-state index contributed by atoms with van der Waals surface area (Å²) in [7, 11) is 0. The monoisotopic (exact) mass is 425 g/mol. The molecule has 0 radical (unpaired) electrons. The summed E-state index contributed by atoms with van der Waals surface area (Å²) in [6.07, 6.45) is 6.82. The molecule has 0 aliphatic rings. The molecule has 162 valence electrons. The van der Waals surface area contributed by atoms with Crippen molar-refractivity contribution in [3.8, 4) is 0 Å². The fourth-order valence-electron chi connectivity index (χ4n) is 4.38. The van der Waals surface area contributed by atoms with E-state index < -0.39 is 6.10 Å². The Morgan fingerprint density at radius 2 is 1.47 bits per heavy atom. The van der Waals surface area contributed by atoms with Gasteiger partial charge in [0.05, 0.1) is 6.10 Å². The van der Waals surface area contributed by atoms with Crippen LogP contribution < -0.4 is 0 Å². The molecule has 3 aromatic rings. The van der Waals surface area contributed by atoms with Gasteiger partial charge in [-0.25, -0.2) is 0 Å². The summed E-state index contributed by atoms with van der Waals surface area (Å²) in [5.74, 6) is 0. The van der Waals surface area contributed by atoms with Crippen LogP contribution in [0.3, 0.4) is 0 Å². The Morgan fingerprint density at radius 1 is 0.833 bits per heavy atom. The predicted molar refractivity (Wildman–Crippen MR) is 132 cm³/mol. The number of unbranched alkanes of at least 4 members (excludes halogenated alkanes) is 4. The highest BCUT2D eigenvalue weighted by atomic mass is 35.5. The van der Waals surface area contributed by atoms with E-state index in [1.165, 1.54) is 38.5 Å². The van der Waals surface area contributed by atoms with E-state index in [-0.39, 0.29) is 6.04 Å². The average molecular weight is 426 g/mol. The number of aliphatic hydroxyl groups is 1. The molecule has 0 aliphatic heterocycles. The Bertz CT molecular complexity index is 944. The molecule has 1 N–H and O–H groups in total. The van der Waals surface area contributed by atoms with Crippen molar-refractivity contribution in [3.05, 3.63) is 59.1 Å². The van der Waals surface area contributed by atoms with Crippen molar-refractivity contribution in [3.63, 3.8) is 0 Å². The molecule has 0 aliphatic carbocycles. The standard InChI is InChI=1S/C27H36ClNO/c1-4-6-10-16-29(17-11-7-5-2)20(3)27(30)22-15-14-21-19-26(28)24-13-9-8-12-23(24)25(21)18-22/h8-9,12-15,18-20,27,30H,4-7,10-11,16-17H2,1-3H3. The van der Waals surface area contributed by atoms with E-state index in [2.05, 4.69) is 56.0 Å². The van der Waals surface area contributed by atoms with Crippen molar-refractivity contribution in [1.29, 1.82) is 0 Å². The van der Waals surface area contributed by atoms with Crippen LogP contribution >= 0.6 is 11.6 Å². The molecule has 0 bridgehead atoms. The van der Waals surface area contributed by atoms with Crippen molar-refractivity contribution in [2.75, 3.05) is 13.1 Å². The number of fused-ring (bicyclic) bond motifs is 3. The summed E-state index contributed by atoms with van der Waals surface area (Å²) in [4.78, 5) is 2.49. The Hall–Kier alpha value is -1.61. The average Bonchev–Trinajstić information content (AvgIpc) is 2.77. The van der Waals surface area contributed by atoms with Gasteiger partial charge in [-0.2, -0.15) is 0 Å². The summed E-state index contributed by atoms with van der Waals surface area (Å²) in [5, 5.41) is 16.5. The van der Waals surface area contributed by atoms with E-state index >= 15 is 0 Å². The molecule has 0 heterocycles. The maximum Gasteiger partial charge on any atom is 0.0942 e. The summed E-state index contributed by atoms with van der Waals surface area (Å²) in [6, 6.07) is 16.7. The zero-order valence-electron chi connectivity index (χ0n) is 18.7. The molecule has 0 spiro atoms. The number of halogens is 1. The highest BCUT2D eigenvalue weighted by Crippen LogP contribution is 2.34. The van der Waals surface area contributed by atoms with Crippen LogP contribution in [0.25, 0.3) is 21.5 Å². The second-order valence-corrected chi connectivity index (χ2v) is 8.93. The fraction of sp³-hybridized carbons (Fsp3) is 0.481. The molecule has 2 unspecified atom stereocenters. The molecule has 0 aromatic heterocycles. The molecule has 0 amide bonds. The van der Waals surface area contributed by atoms with E-state index in [9.17, 15) is 5.11 Å². The Morgan fingerprint density at radius 3 is 2.10 bits per heavy atom. The molecule has 0 fully saturated rings. The summed E-state index contributed by atoms with van der Waals surface area (Å²) < 4.78 is 0. The van der Waals surface area contributed by atoms with E-state index in [1.54, 1.807) is 0 Å². The lowest BCUT2D eigenvalue weighted by Crippen LogP contribution is -2.39. The molecule has 3 heteroatoms. The van der Waals surface area contributed by atoms with Gasteiger partial charge in [-0.05, 0) is 66.7 Å². The van der Waals surface area contributed by atoms with Gasteiger partial charge in [-0.15, -0.1) is 0 Å². The Kier molecular flexibility index (Phi) is 8.56. The number of benzene rings is 3. The zero-order chi connectivity index (χ0) is 21.5. The third kappa shape index (κ3) is 5.35. The molecule has 3 aromatic carbocycles. The Balaban J connectivity index is 1.88. The van der Waals surface area contributed by atoms with E-state index in [0.29, 0.717) is 0 Å². The lowest BCUT2D eigenvalue weighted by molar-refractivity contribution is 0.0556. The summed E-state index contributed by atoms with van der Waals surface area (Å²) in [5.41, 5.74) is 0.985. The van der Waals surface area contributed by atoms with Gasteiger partial charge < -0.3 is 5.11 Å². The highest BCUT2D eigenvalue weighted by molar-refractivity contribution is 6.37. The molecule has 3 rings (SSSR count). The van der Waals surface area contributed by atoms with Gasteiger partial charge >= 0.3 is 0 Å². The van der Waals surface area contributed by atoms with Crippen LogP contribution in [0, 0.1) is 0 Å². The minimum Gasteiger partial charge on any atom is -0.387 e. The lowest BCUT2D eigenvalue weighted by atomic mass is 9.95. The first-order valence-electron chi connectivity index (χ1n) is 11.6. The SMILES string of the molecule is CCCCCN(CCCCC)C(C)C(O)c1ccc2cc(Cl)c3ccccc3c2c1. The fourth-order valence-corrected chi connectivity index (χ4v) is 4.67. The van der Waals surface area contributed by atoms with Crippen molar-refractivity contribution in [2.45, 2.75) is 71.4 Å². The maximum atomic E-state index is 11.3. The van der Waals surface area contributed by atoms with Crippen LogP contribution in [0.5, 0.6) is 0 Å². The van der Waals surface area contributed by atoms with Gasteiger partial charge in [0, 0.05) is 16.5 Å². The van der Waals surface area contributed by atoms with Gasteiger partial charge in [0.2, 0.25) is 0 Å². The molecule has 2 atom stereocenters. The Labute approximate surface area is 186 Å². The zero-order valence-corrected chi connectivity index (χ0v) is 19.5. The van der Waals surface area contributed by atoms with Gasteiger partial charge in [0.25, 0.3) is 0 Å². The lowest BCUT2D eigenvalue weighted by Gasteiger charge is -2.33. The van der Waals surface area contributed by atoms with Gasteiger partial charge in [-0.1, -0.05) is 87.5 Å². The number of rotatable bonds is 11. The summed E-state index contributed by atoms with van der Waals surface area (Å²) >= 11 is 6.50. The van der Waals surface area contributed by atoms with Gasteiger partial charge in [0.15, 0.2) is 0 Å². The van der Waals surface area contributed by atoms with Gasteiger partial charge in [-0.3, -0.25) is 4.90 Å². The summed E-state index contributed by atoms with van der Waals surface area (Å²) in [6.45, 7) is 8.77. The number of aliphatic hydroxyl groups excluding tert-OH is 1. The molecular formula is C27H36ClNO. The minimum atomic E-state index is -0.507. The molecule has 0 saturated heterocycles. The number of hydrogen-bond acceptors (Lipinski definition) is 2. The third-order valence-corrected chi connectivity index (χ3v) is 6.62. The van der Waals surface area contributed by atoms with E-state index in [0.717, 1.165) is 45.2 Å². The van der Waals surface area contributed by atoms with Crippen LogP contribution in [0.15, 0.2) is 48.5 Å². The predicted octanol–water partition coefficient (Wildman–Crippen LogP) is 7.75. The highest BCUT2D eigenvalue weighted by Gasteiger charge is 2.23. The molecule has 30 heavy (non-hydrogen) atoms. The van der Waals surface area contributed by atoms with Crippen molar-refractivity contribution >= 4 is 33.1 Å². The molecular weight excluding hydrogens is 390 g/mol.